The molecule has 0 fully saturated rings. The van der Waals surface area contributed by atoms with Gasteiger partial charge in [-0.2, -0.15) is 0 Å². The highest BCUT2D eigenvalue weighted by molar-refractivity contribution is 5.85. The Morgan fingerprint density at radius 2 is 1.32 bits per heavy atom. The van der Waals surface area contributed by atoms with Gasteiger partial charge in [-0.3, -0.25) is 4.57 Å². The molecule has 4 nitrogen and oxygen atoms in total. The van der Waals surface area contributed by atoms with E-state index in [1.54, 1.807) is 0 Å². The van der Waals surface area contributed by atoms with Gasteiger partial charge in [0.25, 0.3) is 0 Å². The summed E-state index contributed by atoms with van der Waals surface area (Å²) in [6.07, 6.45) is 0. The molecule has 2 heterocycles. The number of benzene rings is 5. The third-order valence-electron chi connectivity index (χ3n) is 7.86. The third-order valence-corrected chi connectivity index (χ3v) is 7.86. The van der Waals surface area contributed by atoms with Crippen LogP contribution in [0.15, 0.2) is 109 Å². The Bertz CT molecular complexity index is 1900. The van der Waals surface area contributed by atoms with E-state index in [-0.39, 0.29) is 5.41 Å². The first-order valence-electron chi connectivity index (χ1n) is 12.9. The molecule has 0 N–H and O–H groups in total. The van der Waals surface area contributed by atoms with E-state index in [0.29, 0.717) is 11.5 Å². The molecule has 0 unspecified atom stereocenters. The molecule has 0 atom stereocenters. The van der Waals surface area contributed by atoms with E-state index in [1.165, 1.54) is 22.3 Å². The number of aromatic nitrogens is 2. The van der Waals surface area contributed by atoms with Crippen molar-refractivity contribution in [1.82, 2.24) is 9.55 Å². The van der Waals surface area contributed by atoms with E-state index in [9.17, 15) is 0 Å². The lowest BCUT2D eigenvalue weighted by molar-refractivity contribution is 0.359. The molecule has 8 rings (SSSR count). The lowest BCUT2D eigenvalue weighted by atomic mass is 9.82. The summed E-state index contributed by atoms with van der Waals surface area (Å²) in [5.41, 5.74) is 9.00. The number of hydrogen-bond donors (Lipinski definition) is 0. The highest BCUT2D eigenvalue weighted by Crippen LogP contribution is 2.55. The minimum atomic E-state index is -0.0923. The quantitative estimate of drug-likeness (QED) is 0.242. The van der Waals surface area contributed by atoms with Gasteiger partial charge in [0.05, 0.1) is 11.0 Å². The smallest absolute Gasteiger partial charge is 0.170 e. The van der Waals surface area contributed by atoms with Crippen molar-refractivity contribution in [2.45, 2.75) is 19.3 Å². The summed E-state index contributed by atoms with van der Waals surface area (Å²) in [5.74, 6) is 3.74. The normalized spacial score (nSPS) is 14.2. The molecule has 0 bridgehead atoms. The molecule has 0 radical (unpaired) electrons. The molecule has 0 saturated carbocycles. The molecule has 182 valence electrons. The van der Waals surface area contributed by atoms with Crippen LogP contribution < -0.4 is 9.47 Å². The van der Waals surface area contributed by atoms with Gasteiger partial charge in [0.2, 0.25) is 0 Å². The summed E-state index contributed by atoms with van der Waals surface area (Å²) in [5, 5.41) is 0. The van der Waals surface area contributed by atoms with Crippen molar-refractivity contribution in [3.8, 4) is 51.2 Å². The first kappa shape index (κ1) is 21.3. The van der Waals surface area contributed by atoms with Gasteiger partial charge >= 0.3 is 0 Å². The van der Waals surface area contributed by atoms with Gasteiger partial charge in [-0.05, 0) is 76.9 Å². The van der Waals surface area contributed by atoms with Gasteiger partial charge in [0.15, 0.2) is 23.0 Å². The van der Waals surface area contributed by atoms with Crippen LogP contribution in [0.25, 0.3) is 39.2 Å². The number of rotatable bonds is 2. The lowest BCUT2D eigenvalue weighted by Gasteiger charge is -2.25. The van der Waals surface area contributed by atoms with Gasteiger partial charge in [0, 0.05) is 16.7 Å². The number of para-hydroxylation sites is 3. The van der Waals surface area contributed by atoms with E-state index < -0.39 is 0 Å². The zero-order valence-corrected chi connectivity index (χ0v) is 21.1. The fourth-order valence-electron chi connectivity index (χ4n) is 5.97. The van der Waals surface area contributed by atoms with Crippen LogP contribution in [0.2, 0.25) is 0 Å². The first-order chi connectivity index (χ1) is 18.6. The molecule has 0 spiro atoms. The molecular formula is C34H24N2O2. The van der Waals surface area contributed by atoms with Crippen LogP contribution in [0.3, 0.4) is 0 Å². The minimum absolute atomic E-state index is 0.0923. The van der Waals surface area contributed by atoms with E-state index in [2.05, 4.69) is 79.1 Å². The number of fused-ring (bicyclic) bond motifs is 6. The zero-order valence-electron chi connectivity index (χ0n) is 21.1. The predicted molar refractivity (Wildman–Crippen MR) is 151 cm³/mol. The summed E-state index contributed by atoms with van der Waals surface area (Å²) < 4.78 is 15.1. The van der Waals surface area contributed by atoms with Crippen LogP contribution in [-0.4, -0.2) is 9.55 Å². The Labute approximate surface area is 220 Å². The second-order valence-electron chi connectivity index (χ2n) is 10.5. The average Bonchev–Trinajstić information content (AvgIpc) is 3.44. The van der Waals surface area contributed by atoms with Crippen molar-refractivity contribution < 1.29 is 9.47 Å². The van der Waals surface area contributed by atoms with Crippen LogP contribution in [0.5, 0.6) is 23.0 Å². The van der Waals surface area contributed by atoms with Crippen molar-refractivity contribution in [3.63, 3.8) is 0 Å². The fourth-order valence-corrected chi connectivity index (χ4v) is 5.97. The topological polar surface area (TPSA) is 36.3 Å². The van der Waals surface area contributed by atoms with Crippen LogP contribution in [0.1, 0.15) is 25.0 Å². The van der Waals surface area contributed by atoms with Gasteiger partial charge in [-0.1, -0.05) is 68.4 Å². The number of ether oxygens (including phenoxy) is 2. The molecule has 6 aromatic rings. The highest BCUT2D eigenvalue weighted by Gasteiger charge is 2.37. The van der Waals surface area contributed by atoms with Crippen molar-refractivity contribution in [2.24, 2.45) is 0 Å². The van der Waals surface area contributed by atoms with Gasteiger partial charge < -0.3 is 9.47 Å². The standard InChI is InChI=1S/C34H24N2O2/c1-34(2)25-13-7-6-12-23(25)24-19-31-32(20-26(24)34)37-29-17-16-21(18-30(29)38-31)33-35-27-14-8-9-15-28(27)36(33)22-10-4-3-5-11-22/h3-20H,1-2H3. The van der Waals surface area contributed by atoms with Crippen molar-refractivity contribution in [1.29, 1.82) is 0 Å². The lowest BCUT2D eigenvalue weighted by Crippen LogP contribution is -2.15. The summed E-state index contributed by atoms with van der Waals surface area (Å²) in [7, 11) is 0. The maximum absolute atomic E-state index is 6.51. The number of hydrogen-bond acceptors (Lipinski definition) is 3. The molecule has 2 aliphatic rings. The molecule has 1 aliphatic carbocycles. The van der Waals surface area contributed by atoms with Crippen LogP contribution in [0, 0.1) is 0 Å². The summed E-state index contributed by atoms with van der Waals surface area (Å²) in [6.45, 7) is 4.54. The summed E-state index contributed by atoms with van der Waals surface area (Å²) >= 11 is 0. The molecular weight excluding hydrogens is 468 g/mol. The molecule has 0 amide bonds. The molecule has 1 aliphatic heterocycles. The van der Waals surface area contributed by atoms with E-state index in [1.807, 2.05) is 48.5 Å². The second-order valence-corrected chi connectivity index (χ2v) is 10.5. The maximum atomic E-state index is 6.51. The minimum Gasteiger partial charge on any atom is -0.450 e. The van der Waals surface area contributed by atoms with Crippen LogP contribution >= 0.6 is 0 Å². The van der Waals surface area contributed by atoms with E-state index >= 15 is 0 Å². The highest BCUT2D eigenvalue weighted by atomic mass is 16.6. The molecule has 1 aromatic heterocycles. The Morgan fingerprint density at radius 3 is 2.21 bits per heavy atom. The van der Waals surface area contributed by atoms with Crippen molar-refractivity contribution in [2.75, 3.05) is 0 Å². The Balaban J connectivity index is 1.25. The summed E-state index contributed by atoms with van der Waals surface area (Å²) in [4.78, 5) is 5.01. The zero-order chi connectivity index (χ0) is 25.4. The fraction of sp³-hybridized carbons (Fsp3) is 0.0882. The van der Waals surface area contributed by atoms with E-state index in [0.717, 1.165) is 39.6 Å². The monoisotopic (exact) mass is 492 g/mol. The number of imidazole rings is 1. The summed E-state index contributed by atoms with van der Waals surface area (Å²) in [6, 6.07) is 37.5. The molecule has 0 saturated heterocycles. The largest absolute Gasteiger partial charge is 0.450 e. The Kier molecular flexibility index (Phi) is 4.25. The predicted octanol–water partition coefficient (Wildman–Crippen LogP) is 8.90. The Morgan fingerprint density at radius 1 is 0.605 bits per heavy atom. The second kappa shape index (κ2) is 7.59. The van der Waals surface area contributed by atoms with Crippen LogP contribution in [-0.2, 0) is 5.41 Å². The van der Waals surface area contributed by atoms with Crippen molar-refractivity contribution >= 4 is 11.0 Å². The van der Waals surface area contributed by atoms with E-state index in [4.69, 9.17) is 14.5 Å². The van der Waals surface area contributed by atoms with Crippen molar-refractivity contribution in [3.05, 3.63) is 120 Å². The Hall–Kier alpha value is -4.83. The SMILES string of the molecule is CC1(C)c2ccccc2-c2cc3c(cc21)Oc1ccc(-c2nc4ccccc4n2-c2ccccc2)cc1O3. The first-order valence-corrected chi connectivity index (χ1v) is 12.9. The van der Waals surface area contributed by atoms with Gasteiger partial charge in [-0.25, -0.2) is 4.98 Å². The maximum Gasteiger partial charge on any atom is 0.170 e. The average molecular weight is 493 g/mol. The number of nitrogens with zero attached hydrogens (tertiary/aromatic N) is 2. The van der Waals surface area contributed by atoms with Gasteiger partial charge in [0.1, 0.15) is 5.82 Å². The third kappa shape index (κ3) is 2.94. The molecule has 4 heteroatoms. The molecule has 38 heavy (non-hydrogen) atoms. The van der Waals surface area contributed by atoms with Crippen LogP contribution in [0.4, 0.5) is 0 Å². The van der Waals surface area contributed by atoms with Gasteiger partial charge in [-0.15, -0.1) is 0 Å². The molecule has 5 aromatic carbocycles.